The molecule has 0 heterocycles. The van der Waals surface area contributed by atoms with Crippen LogP contribution in [0.1, 0.15) is 12.0 Å². The molecule has 15 heavy (non-hydrogen) atoms. The molecular weight excluding hydrogens is 190 g/mol. The van der Waals surface area contributed by atoms with Crippen LogP contribution in [0, 0.1) is 17.2 Å². The Morgan fingerprint density at radius 2 is 2.13 bits per heavy atom. The van der Waals surface area contributed by atoms with Gasteiger partial charge >= 0.3 is 5.97 Å². The summed E-state index contributed by atoms with van der Waals surface area (Å²) >= 11 is 0. The van der Waals surface area contributed by atoms with E-state index in [4.69, 9.17) is 10.4 Å². The summed E-state index contributed by atoms with van der Waals surface area (Å²) in [7, 11) is 0. The van der Waals surface area contributed by atoms with E-state index in [1.54, 1.807) is 12.2 Å². The topological polar surface area (TPSA) is 61.1 Å². The quantitative estimate of drug-likeness (QED) is 0.813. The van der Waals surface area contributed by atoms with Gasteiger partial charge in [0.25, 0.3) is 0 Å². The van der Waals surface area contributed by atoms with Gasteiger partial charge in [0.2, 0.25) is 0 Å². The third-order valence-electron chi connectivity index (χ3n) is 1.88. The van der Waals surface area contributed by atoms with Crippen LogP contribution in [0.25, 0.3) is 6.08 Å². The number of rotatable bonds is 4. The van der Waals surface area contributed by atoms with Crippen LogP contribution in [0.4, 0.5) is 0 Å². The highest BCUT2D eigenvalue weighted by Gasteiger charge is 2.07. The number of hydrogen-bond acceptors (Lipinski definition) is 2. The molecule has 1 unspecified atom stereocenters. The lowest BCUT2D eigenvalue weighted by molar-refractivity contribution is -0.137. The third-order valence-corrected chi connectivity index (χ3v) is 1.88. The molecule has 1 rings (SSSR count). The fraction of sp³-hybridized carbons (Fsp3) is 0.167. The largest absolute Gasteiger partial charge is 0.481 e. The zero-order valence-corrected chi connectivity index (χ0v) is 8.13. The highest BCUT2D eigenvalue weighted by molar-refractivity contribution is 5.68. The van der Waals surface area contributed by atoms with Crippen LogP contribution >= 0.6 is 0 Å². The number of carbonyl (C=O) groups is 1. The number of carboxylic acids is 1. The Morgan fingerprint density at radius 3 is 2.67 bits per heavy atom. The number of allylic oxidation sites excluding steroid dienone is 1. The first-order chi connectivity index (χ1) is 7.22. The first kappa shape index (κ1) is 11.0. The lowest BCUT2D eigenvalue weighted by Crippen LogP contribution is -2.02. The van der Waals surface area contributed by atoms with Gasteiger partial charge in [0, 0.05) is 0 Å². The number of benzene rings is 1. The van der Waals surface area contributed by atoms with E-state index in [-0.39, 0.29) is 6.42 Å². The zero-order chi connectivity index (χ0) is 11.1. The molecule has 0 aromatic heterocycles. The van der Waals surface area contributed by atoms with Gasteiger partial charge in [-0.05, 0) is 5.56 Å². The Balaban J connectivity index is 2.64. The fourth-order valence-electron chi connectivity index (χ4n) is 1.14. The van der Waals surface area contributed by atoms with Crippen LogP contribution in [0.3, 0.4) is 0 Å². The van der Waals surface area contributed by atoms with Crippen LogP contribution in [0.2, 0.25) is 0 Å². The second kappa shape index (κ2) is 5.61. The van der Waals surface area contributed by atoms with E-state index in [0.29, 0.717) is 0 Å². The first-order valence-corrected chi connectivity index (χ1v) is 4.57. The number of carboxylic acid groups (broad SMARTS) is 1. The second-order valence-electron chi connectivity index (χ2n) is 3.10. The average Bonchev–Trinajstić information content (AvgIpc) is 2.25. The van der Waals surface area contributed by atoms with Crippen molar-refractivity contribution in [1.29, 1.82) is 5.26 Å². The molecule has 1 N–H and O–H groups in total. The molecular formula is C12H11NO2. The summed E-state index contributed by atoms with van der Waals surface area (Å²) in [6.45, 7) is 0. The minimum absolute atomic E-state index is 0.153. The van der Waals surface area contributed by atoms with Crippen molar-refractivity contribution in [2.45, 2.75) is 6.42 Å². The van der Waals surface area contributed by atoms with E-state index in [2.05, 4.69) is 0 Å². The van der Waals surface area contributed by atoms with Crippen LogP contribution in [-0.2, 0) is 4.79 Å². The summed E-state index contributed by atoms with van der Waals surface area (Å²) in [6, 6.07) is 11.4. The molecule has 0 radical (unpaired) electrons. The van der Waals surface area contributed by atoms with Crippen molar-refractivity contribution >= 4 is 12.0 Å². The Kier molecular flexibility index (Phi) is 4.11. The predicted molar refractivity (Wildman–Crippen MR) is 56.8 cm³/mol. The molecule has 0 amide bonds. The minimum atomic E-state index is -0.959. The molecule has 3 nitrogen and oxygen atoms in total. The lowest BCUT2D eigenvalue weighted by Gasteiger charge is -1.98. The maximum absolute atomic E-state index is 10.4. The van der Waals surface area contributed by atoms with Crippen LogP contribution in [0.15, 0.2) is 36.4 Å². The smallest absolute Gasteiger partial charge is 0.305 e. The predicted octanol–water partition coefficient (Wildman–Crippen LogP) is 2.31. The Bertz CT molecular complexity index is 390. The molecule has 1 atom stereocenters. The molecule has 0 bridgehead atoms. The molecule has 3 heteroatoms. The van der Waals surface area contributed by atoms with Gasteiger partial charge in [0.05, 0.1) is 18.4 Å². The molecule has 0 saturated carbocycles. The molecule has 0 spiro atoms. The zero-order valence-electron chi connectivity index (χ0n) is 8.13. The van der Waals surface area contributed by atoms with Crippen molar-refractivity contribution in [1.82, 2.24) is 0 Å². The standard InChI is InChI=1S/C12H11NO2/c13-9-11(8-12(14)15)7-6-10-4-2-1-3-5-10/h1-7,11H,8H2,(H,14,15). The maximum Gasteiger partial charge on any atom is 0.305 e. The summed E-state index contributed by atoms with van der Waals surface area (Å²) in [4.78, 5) is 10.4. The van der Waals surface area contributed by atoms with Crippen molar-refractivity contribution in [3.05, 3.63) is 42.0 Å². The molecule has 0 aliphatic rings. The van der Waals surface area contributed by atoms with Crippen molar-refractivity contribution < 1.29 is 9.90 Å². The van der Waals surface area contributed by atoms with Crippen molar-refractivity contribution in [2.24, 2.45) is 5.92 Å². The molecule has 1 aromatic carbocycles. The molecule has 0 aliphatic heterocycles. The van der Waals surface area contributed by atoms with Gasteiger partial charge in [0.1, 0.15) is 0 Å². The molecule has 1 aromatic rings. The fourth-order valence-corrected chi connectivity index (χ4v) is 1.14. The summed E-state index contributed by atoms with van der Waals surface area (Å²) in [5.41, 5.74) is 0.961. The van der Waals surface area contributed by atoms with Crippen molar-refractivity contribution in [2.75, 3.05) is 0 Å². The summed E-state index contributed by atoms with van der Waals surface area (Å²) in [6.07, 6.45) is 3.22. The highest BCUT2D eigenvalue weighted by atomic mass is 16.4. The van der Waals surface area contributed by atoms with Gasteiger partial charge in [-0.25, -0.2) is 0 Å². The van der Waals surface area contributed by atoms with E-state index in [1.165, 1.54) is 0 Å². The molecule has 0 fully saturated rings. The van der Waals surface area contributed by atoms with E-state index in [0.717, 1.165) is 5.56 Å². The number of hydrogen-bond donors (Lipinski definition) is 1. The highest BCUT2D eigenvalue weighted by Crippen LogP contribution is 2.08. The van der Waals surface area contributed by atoms with Gasteiger partial charge in [-0.15, -0.1) is 0 Å². The van der Waals surface area contributed by atoms with Crippen LogP contribution < -0.4 is 0 Å². The number of nitriles is 1. The molecule has 0 aliphatic carbocycles. The van der Waals surface area contributed by atoms with E-state index in [1.807, 2.05) is 36.4 Å². The third kappa shape index (κ3) is 4.10. The number of nitrogens with zero attached hydrogens (tertiary/aromatic N) is 1. The van der Waals surface area contributed by atoms with Crippen molar-refractivity contribution in [3.63, 3.8) is 0 Å². The minimum Gasteiger partial charge on any atom is -0.481 e. The van der Waals surface area contributed by atoms with E-state index >= 15 is 0 Å². The van der Waals surface area contributed by atoms with Gasteiger partial charge in [-0.2, -0.15) is 5.26 Å². The summed E-state index contributed by atoms with van der Waals surface area (Å²) < 4.78 is 0. The van der Waals surface area contributed by atoms with E-state index < -0.39 is 11.9 Å². The first-order valence-electron chi connectivity index (χ1n) is 4.57. The monoisotopic (exact) mass is 201 g/mol. The van der Waals surface area contributed by atoms with Gasteiger partial charge < -0.3 is 5.11 Å². The average molecular weight is 201 g/mol. The maximum atomic E-state index is 10.4. The van der Waals surface area contributed by atoms with E-state index in [9.17, 15) is 4.79 Å². The van der Waals surface area contributed by atoms with Crippen LogP contribution in [0.5, 0.6) is 0 Å². The van der Waals surface area contributed by atoms with Crippen molar-refractivity contribution in [3.8, 4) is 6.07 Å². The van der Waals surface area contributed by atoms with Gasteiger partial charge in [0.15, 0.2) is 0 Å². The SMILES string of the molecule is N#CC(C=Cc1ccccc1)CC(=O)O. The van der Waals surface area contributed by atoms with Crippen LogP contribution in [-0.4, -0.2) is 11.1 Å². The van der Waals surface area contributed by atoms with Gasteiger partial charge in [-0.3, -0.25) is 4.79 Å². The normalized spacial score (nSPS) is 12.2. The molecule has 76 valence electrons. The van der Waals surface area contributed by atoms with Gasteiger partial charge in [-0.1, -0.05) is 42.5 Å². The second-order valence-corrected chi connectivity index (χ2v) is 3.10. The summed E-state index contributed by atoms with van der Waals surface area (Å²) in [5.74, 6) is -1.53. The Morgan fingerprint density at radius 1 is 1.47 bits per heavy atom. The number of aliphatic carboxylic acids is 1. The lowest BCUT2D eigenvalue weighted by atomic mass is 10.1. The summed E-state index contributed by atoms with van der Waals surface area (Å²) in [5, 5.41) is 17.2. The Hall–Kier alpha value is -2.08. The Labute approximate surface area is 88.3 Å². The molecule has 0 saturated heterocycles.